The minimum atomic E-state index is -0.392. The molecule has 2 nitrogen and oxygen atoms in total. The number of aliphatic hydroxyl groups is 1. The smallest absolute Gasteiger partial charge is 0.146 e. The molecule has 0 aromatic heterocycles. The van der Waals surface area contributed by atoms with Gasteiger partial charge in [0, 0.05) is 6.07 Å². The van der Waals surface area contributed by atoms with Crippen molar-refractivity contribution in [3.05, 3.63) is 57.3 Å². The van der Waals surface area contributed by atoms with Crippen LogP contribution in [-0.2, 0) is 6.61 Å². The first-order valence-electron chi connectivity index (χ1n) is 5.12. The van der Waals surface area contributed by atoms with Crippen molar-refractivity contribution < 1.29 is 14.2 Å². The topological polar surface area (TPSA) is 29.5 Å². The molecule has 94 valence electrons. The summed E-state index contributed by atoms with van der Waals surface area (Å²) in [5.74, 6) is 0.352. The lowest BCUT2D eigenvalue weighted by Gasteiger charge is -2.10. The van der Waals surface area contributed by atoms with Gasteiger partial charge in [0.2, 0.25) is 0 Å². The molecule has 0 heterocycles. The number of benzene rings is 2. The number of halogens is 3. The summed E-state index contributed by atoms with van der Waals surface area (Å²) in [5, 5.41) is 9.33. The van der Waals surface area contributed by atoms with Crippen LogP contribution in [0.5, 0.6) is 11.5 Å². The van der Waals surface area contributed by atoms with Gasteiger partial charge in [0.1, 0.15) is 17.3 Å². The van der Waals surface area contributed by atoms with Gasteiger partial charge in [0.15, 0.2) is 0 Å². The van der Waals surface area contributed by atoms with E-state index in [0.29, 0.717) is 26.6 Å². The van der Waals surface area contributed by atoms with E-state index in [-0.39, 0.29) is 6.61 Å². The maximum Gasteiger partial charge on any atom is 0.146 e. The fourth-order valence-electron chi connectivity index (χ4n) is 1.40. The van der Waals surface area contributed by atoms with E-state index >= 15 is 0 Å². The first-order chi connectivity index (χ1) is 8.60. The first-order valence-corrected chi connectivity index (χ1v) is 6.29. The molecule has 0 aliphatic heterocycles. The van der Waals surface area contributed by atoms with Crippen LogP contribution in [0.4, 0.5) is 4.39 Å². The Morgan fingerprint density at radius 2 is 1.94 bits per heavy atom. The van der Waals surface area contributed by atoms with Crippen molar-refractivity contribution >= 4 is 27.5 Å². The summed E-state index contributed by atoms with van der Waals surface area (Å²) < 4.78 is 19.3. The minimum absolute atomic E-state index is 0.0936. The highest BCUT2D eigenvalue weighted by atomic mass is 79.9. The van der Waals surface area contributed by atoms with Crippen LogP contribution in [0.3, 0.4) is 0 Å². The van der Waals surface area contributed by atoms with Crippen molar-refractivity contribution in [1.29, 1.82) is 0 Å². The fourth-order valence-corrected chi connectivity index (χ4v) is 1.97. The molecule has 2 aromatic rings. The molecule has 0 unspecified atom stereocenters. The van der Waals surface area contributed by atoms with Crippen molar-refractivity contribution in [2.24, 2.45) is 0 Å². The quantitative estimate of drug-likeness (QED) is 0.895. The standard InChI is InChI=1S/C13H9BrClFO2/c14-10-3-2-9(16)6-13(10)18-12-4-1-8(7-17)5-11(12)15/h1-6,17H,7H2. The molecule has 0 fully saturated rings. The molecule has 18 heavy (non-hydrogen) atoms. The third-order valence-electron chi connectivity index (χ3n) is 2.29. The normalized spacial score (nSPS) is 10.4. The molecular formula is C13H9BrClFO2. The van der Waals surface area contributed by atoms with Crippen LogP contribution in [-0.4, -0.2) is 5.11 Å². The maximum atomic E-state index is 13.1. The zero-order valence-corrected chi connectivity index (χ0v) is 11.5. The summed E-state index contributed by atoms with van der Waals surface area (Å²) in [6.07, 6.45) is 0. The largest absolute Gasteiger partial charge is 0.455 e. The fraction of sp³-hybridized carbons (Fsp3) is 0.0769. The van der Waals surface area contributed by atoms with Crippen LogP contribution in [0, 0.1) is 5.82 Å². The third-order valence-corrected chi connectivity index (χ3v) is 3.24. The molecule has 0 aliphatic rings. The predicted molar refractivity (Wildman–Crippen MR) is 71.5 cm³/mol. The lowest BCUT2D eigenvalue weighted by atomic mass is 10.2. The van der Waals surface area contributed by atoms with E-state index in [2.05, 4.69) is 15.9 Å². The van der Waals surface area contributed by atoms with Gasteiger partial charge in [-0.1, -0.05) is 17.7 Å². The monoisotopic (exact) mass is 330 g/mol. The van der Waals surface area contributed by atoms with Crippen LogP contribution in [0.15, 0.2) is 40.9 Å². The number of rotatable bonds is 3. The van der Waals surface area contributed by atoms with E-state index in [0.717, 1.165) is 0 Å². The Balaban J connectivity index is 2.31. The lowest BCUT2D eigenvalue weighted by Crippen LogP contribution is -1.90. The van der Waals surface area contributed by atoms with Gasteiger partial charge >= 0.3 is 0 Å². The molecule has 0 atom stereocenters. The summed E-state index contributed by atoms with van der Waals surface area (Å²) in [4.78, 5) is 0. The van der Waals surface area contributed by atoms with Gasteiger partial charge in [-0.15, -0.1) is 0 Å². The van der Waals surface area contributed by atoms with Gasteiger partial charge in [-0.2, -0.15) is 0 Å². The van der Waals surface area contributed by atoms with Crippen molar-refractivity contribution in [3.63, 3.8) is 0 Å². The van der Waals surface area contributed by atoms with Gasteiger partial charge in [-0.05, 0) is 45.8 Å². The Kier molecular flexibility index (Phi) is 4.22. The highest BCUT2D eigenvalue weighted by molar-refractivity contribution is 9.10. The van der Waals surface area contributed by atoms with Crippen molar-refractivity contribution in [2.45, 2.75) is 6.61 Å². The average molecular weight is 332 g/mol. The highest BCUT2D eigenvalue weighted by Crippen LogP contribution is 2.34. The Labute approximate surface area is 117 Å². The molecular weight excluding hydrogens is 322 g/mol. The summed E-state index contributed by atoms with van der Waals surface area (Å²) in [5.41, 5.74) is 0.686. The second-order valence-corrected chi connectivity index (χ2v) is 4.86. The van der Waals surface area contributed by atoms with E-state index in [1.54, 1.807) is 24.3 Å². The second kappa shape index (κ2) is 5.69. The molecule has 2 rings (SSSR count). The molecule has 0 bridgehead atoms. The van der Waals surface area contributed by atoms with E-state index < -0.39 is 5.82 Å². The van der Waals surface area contributed by atoms with Crippen LogP contribution in [0.2, 0.25) is 5.02 Å². The number of aliphatic hydroxyl groups excluding tert-OH is 1. The average Bonchev–Trinajstić information content (AvgIpc) is 2.36. The van der Waals surface area contributed by atoms with Crippen LogP contribution in [0.1, 0.15) is 5.56 Å². The van der Waals surface area contributed by atoms with E-state index in [9.17, 15) is 4.39 Å². The minimum Gasteiger partial charge on any atom is -0.455 e. The number of hydrogen-bond acceptors (Lipinski definition) is 2. The summed E-state index contributed by atoms with van der Waals surface area (Å²) >= 11 is 9.27. The van der Waals surface area contributed by atoms with E-state index in [1.165, 1.54) is 12.1 Å². The molecule has 0 radical (unpaired) electrons. The Morgan fingerprint density at radius 3 is 2.61 bits per heavy atom. The summed E-state index contributed by atoms with van der Waals surface area (Å²) in [6.45, 7) is -0.0936. The van der Waals surface area contributed by atoms with Crippen molar-refractivity contribution in [2.75, 3.05) is 0 Å². The second-order valence-electron chi connectivity index (χ2n) is 3.60. The van der Waals surface area contributed by atoms with E-state index in [4.69, 9.17) is 21.4 Å². The Morgan fingerprint density at radius 1 is 1.17 bits per heavy atom. The van der Waals surface area contributed by atoms with Gasteiger partial charge in [-0.25, -0.2) is 4.39 Å². The van der Waals surface area contributed by atoms with E-state index in [1.807, 2.05) is 0 Å². The molecule has 5 heteroatoms. The third kappa shape index (κ3) is 3.02. The molecule has 0 aliphatic carbocycles. The van der Waals surface area contributed by atoms with Gasteiger partial charge in [0.25, 0.3) is 0 Å². The molecule has 1 N–H and O–H groups in total. The molecule has 0 amide bonds. The van der Waals surface area contributed by atoms with Crippen LogP contribution < -0.4 is 4.74 Å². The van der Waals surface area contributed by atoms with Gasteiger partial charge < -0.3 is 9.84 Å². The lowest BCUT2D eigenvalue weighted by molar-refractivity contribution is 0.281. The summed E-state index contributed by atoms with van der Waals surface area (Å²) in [7, 11) is 0. The maximum absolute atomic E-state index is 13.1. The Bertz CT molecular complexity index is 575. The van der Waals surface area contributed by atoms with Gasteiger partial charge in [0.05, 0.1) is 16.1 Å². The zero-order chi connectivity index (χ0) is 13.1. The molecule has 0 spiro atoms. The molecule has 0 saturated carbocycles. The zero-order valence-electron chi connectivity index (χ0n) is 9.16. The van der Waals surface area contributed by atoms with Crippen molar-refractivity contribution in [3.8, 4) is 11.5 Å². The van der Waals surface area contributed by atoms with Crippen LogP contribution in [0.25, 0.3) is 0 Å². The van der Waals surface area contributed by atoms with Gasteiger partial charge in [-0.3, -0.25) is 0 Å². The SMILES string of the molecule is OCc1ccc(Oc2cc(F)ccc2Br)c(Cl)c1. The summed E-state index contributed by atoms with van der Waals surface area (Å²) in [6, 6.07) is 9.07. The first kappa shape index (κ1) is 13.3. The Hall–Kier alpha value is -1.10. The van der Waals surface area contributed by atoms with Crippen LogP contribution >= 0.6 is 27.5 Å². The predicted octanol–water partition coefficient (Wildman–Crippen LogP) is 4.53. The molecule has 2 aromatic carbocycles. The highest BCUT2D eigenvalue weighted by Gasteiger charge is 2.08. The number of ether oxygens (including phenoxy) is 1. The molecule has 0 saturated heterocycles. The van der Waals surface area contributed by atoms with Crippen molar-refractivity contribution in [1.82, 2.24) is 0 Å². The number of hydrogen-bond donors (Lipinski definition) is 1.